The van der Waals surface area contributed by atoms with E-state index < -0.39 is 29.1 Å². The molecule has 1 rings (SSSR count). The van der Waals surface area contributed by atoms with Gasteiger partial charge >= 0.3 is 29.1 Å². The van der Waals surface area contributed by atoms with Gasteiger partial charge in [0.1, 0.15) is 6.33 Å². The first-order valence-electron chi connectivity index (χ1n) is 3.51. The van der Waals surface area contributed by atoms with Crippen molar-refractivity contribution in [1.29, 1.82) is 0 Å². The van der Waals surface area contributed by atoms with Crippen LogP contribution in [0.15, 0.2) is 18.7 Å². The predicted molar refractivity (Wildman–Crippen MR) is 50.4 cm³/mol. The van der Waals surface area contributed by atoms with E-state index >= 15 is 0 Å². The summed E-state index contributed by atoms with van der Waals surface area (Å²) in [5.74, 6) is 0. The number of hydrogen-bond acceptors (Lipinski definition) is 9. The molecule has 98 valence electrons. The summed E-state index contributed by atoms with van der Waals surface area (Å²) >= 11 is 0. The second-order valence-electron chi connectivity index (χ2n) is 2.25. The Bertz CT molecular complexity index is 588. The van der Waals surface area contributed by atoms with Crippen molar-refractivity contribution in [3.05, 3.63) is 18.7 Å². The Labute approximate surface area is 96.1 Å². The zero-order valence-electron chi connectivity index (χ0n) is 7.66. The molecule has 1 atom stereocenters. The van der Waals surface area contributed by atoms with E-state index in [0.29, 0.717) is 4.73 Å². The van der Waals surface area contributed by atoms with Crippen LogP contribution in [0.5, 0.6) is 0 Å². The van der Waals surface area contributed by atoms with Crippen molar-refractivity contribution in [1.82, 2.24) is 9.71 Å². The first-order valence-corrected chi connectivity index (χ1v) is 7.43. The molecule has 0 saturated carbocycles. The maximum absolute atomic E-state index is 11.0. The zero-order chi connectivity index (χ0) is 13.1. The Balaban J connectivity index is 2.65. The van der Waals surface area contributed by atoms with Crippen LogP contribution < -0.4 is 4.28 Å². The van der Waals surface area contributed by atoms with E-state index in [0.717, 1.165) is 12.5 Å². The van der Waals surface area contributed by atoms with Gasteiger partial charge in [0.05, 0.1) is 6.20 Å². The van der Waals surface area contributed by atoms with Crippen molar-refractivity contribution in [3.8, 4) is 0 Å². The lowest BCUT2D eigenvalue weighted by Gasteiger charge is -2.04. The third-order valence-electron chi connectivity index (χ3n) is 1.00. The summed E-state index contributed by atoms with van der Waals surface area (Å²) in [7, 11) is -14.0. The van der Waals surface area contributed by atoms with Gasteiger partial charge in [0.2, 0.25) is 0 Å². The number of nitrogens with zero attached hydrogens (tertiary/aromatic N) is 2. The molecule has 0 aliphatic rings. The van der Waals surface area contributed by atoms with Crippen LogP contribution in [0, 0.1) is 0 Å². The number of rotatable bonds is 6. The molecule has 1 aromatic rings. The molecule has 0 saturated heterocycles. The average molecular weight is 308 g/mol. The molecule has 1 heterocycles. The molecule has 1 unspecified atom stereocenters. The van der Waals surface area contributed by atoms with E-state index in [9.17, 15) is 21.4 Å². The molecular formula is C3H5N2O9PS2. The zero-order valence-corrected chi connectivity index (χ0v) is 10.3. The van der Waals surface area contributed by atoms with Gasteiger partial charge in [-0.3, -0.25) is 13.4 Å². The summed E-state index contributed by atoms with van der Waals surface area (Å²) in [6.07, 6.45) is 3.18. The number of imidazole rings is 1. The Morgan fingerprint density at radius 3 is 2.35 bits per heavy atom. The second kappa shape index (κ2) is 5.12. The minimum absolute atomic E-state index is 0.581. The Hall–Kier alpha value is -0.980. The number of aromatic nitrogens is 2. The minimum Gasteiger partial charge on any atom is -0.265 e. The first-order chi connectivity index (χ1) is 7.68. The molecular weight excluding hydrogens is 303 g/mol. The van der Waals surface area contributed by atoms with Crippen LogP contribution in [0.2, 0.25) is 0 Å². The topological polar surface area (TPSA) is 151 Å². The molecule has 0 radical (unpaired) electrons. The lowest BCUT2D eigenvalue weighted by molar-refractivity contribution is 0.240. The van der Waals surface area contributed by atoms with Crippen LogP contribution in [0.1, 0.15) is 0 Å². The quantitative estimate of drug-likeness (QED) is 0.500. The first kappa shape index (κ1) is 14.1. The van der Waals surface area contributed by atoms with Crippen molar-refractivity contribution in [2.45, 2.75) is 0 Å². The van der Waals surface area contributed by atoms with Crippen LogP contribution in [-0.4, -0.2) is 31.1 Å². The van der Waals surface area contributed by atoms with Crippen molar-refractivity contribution in [3.63, 3.8) is 0 Å². The highest BCUT2D eigenvalue weighted by Gasteiger charge is 2.22. The molecule has 0 amide bonds. The maximum atomic E-state index is 11.0. The molecule has 0 bridgehead atoms. The average Bonchev–Trinajstić information content (AvgIpc) is 2.49. The second-order valence-corrected chi connectivity index (χ2v) is 5.90. The molecule has 0 aliphatic heterocycles. The maximum Gasteiger partial charge on any atom is 0.475 e. The van der Waals surface area contributed by atoms with E-state index in [-0.39, 0.29) is 0 Å². The largest absolute Gasteiger partial charge is 0.475 e. The van der Waals surface area contributed by atoms with Crippen LogP contribution in [0.4, 0.5) is 0 Å². The molecule has 0 fully saturated rings. The Morgan fingerprint density at radius 1 is 1.24 bits per heavy atom. The third-order valence-corrected chi connectivity index (χ3v) is 4.10. The fraction of sp³-hybridized carbons (Fsp3) is 0. The van der Waals surface area contributed by atoms with E-state index in [4.69, 9.17) is 4.55 Å². The van der Waals surface area contributed by atoms with Crippen LogP contribution in [-0.2, 0) is 33.3 Å². The van der Waals surface area contributed by atoms with Crippen molar-refractivity contribution >= 4 is 29.1 Å². The van der Waals surface area contributed by atoms with Gasteiger partial charge in [-0.25, -0.2) is 4.98 Å². The van der Waals surface area contributed by atoms with Gasteiger partial charge in [0.25, 0.3) is 0 Å². The van der Waals surface area contributed by atoms with Gasteiger partial charge in [-0.1, -0.05) is 0 Å². The monoisotopic (exact) mass is 308 g/mol. The highest BCUT2D eigenvalue weighted by molar-refractivity contribution is 7.88. The Morgan fingerprint density at radius 2 is 1.88 bits per heavy atom. The summed E-state index contributed by atoms with van der Waals surface area (Å²) in [6.45, 7) is 0. The van der Waals surface area contributed by atoms with Gasteiger partial charge in [-0.05, 0) is 0 Å². The SMILES string of the molecule is O=[PH](OS(=O)(=O)O)OS(=O)(=O)On1ccnc1. The number of hydrogen-bond donors (Lipinski definition) is 1. The fourth-order valence-electron chi connectivity index (χ4n) is 0.595. The molecule has 1 aromatic heterocycles. The van der Waals surface area contributed by atoms with Gasteiger partial charge in [-0.15, -0.1) is 0 Å². The molecule has 0 aliphatic carbocycles. The molecule has 17 heavy (non-hydrogen) atoms. The highest BCUT2D eigenvalue weighted by atomic mass is 32.3. The lowest BCUT2D eigenvalue weighted by Crippen LogP contribution is -2.19. The van der Waals surface area contributed by atoms with Crippen LogP contribution in [0.3, 0.4) is 0 Å². The van der Waals surface area contributed by atoms with Crippen molar-refractivity contribution in [2.24, 2.45) is 0 Å². The van der Waals surface area contributed by atoms with Crippen LogP contribution >= 0.6 is 8.25 Å². The van der Waals surface area contributed by atoms with Crippen molar-refractivity contribution < 1.29 is 38.2 Å². The van der Waals surface area contributed by atoms with Gasteiger partial charge in [0, 0.05) is 6.20 Å². The summed E-state index contributed by atoms with van der Waals surface area (Å²) < 4.78 is 72.6. The third kappa shape index (κ3) is 5.76. The van der Waals surface area contributed by atoms with E-state index in [2.05, 4.69) is 17.2 Å². The molecule has 11 nitrogen and oxygen atoms in total. The van der Waals surface area contributed by atoms with E-state index in [1.807, 2.05) is 0 Å². The van der Waals surface area contributed by atoms with Gasteiger partial charge in [0.15, 0.2) is 0 Å². The van der Waals surface area contributed by atoms with E-state index in [1.165, 1.54) is 6.20 Å². The summed E-state index contributed by atoms with van der Waals surface area (Å²) in [5.41, 5.74) is 0. The van der Waals surface area contributed by atoms with Gasteiger partial charge < -0.3 is 0 Å². The smallest absolute Gasteiger partial charge is 0.265 e. The summed E-state index contributed by atoms with van der Waals surface area (Å²) in [4.78, 5) is 3.43. The molecule has 0 aromatic carbocycles. The lowest BCUT2D eigenvalue weighted by atomic mass is 11.0. The Kier molecular flexibility index (Phi) is 4.24. The normalized spacial score (nSPS) is 14.4. The summed E-state index contributed by atoms with van der Waals surface area (Å²) in [5, 5.41) is 0. The van der Waals surface area contributed by atoms with Crippen LogP contribution in [0.25, 0.3) is 0 Å². The molecule has 1 N–H and O–H groups in total. The molecule has 0 spiro atoms. The van der Waals surface area contributed by atoms with Gasteiger partial charge in [-0.2, -0.15) is 29.5 Å². The molecule has 14 heteroatoms. The van der Waals surface area contributed by atoms with Crippen molar-refractivity contribution in [2.75, 3.05) is 0 Å². The standard InChI is InChI=1S/C3H5N2O9PS2/c6-15(13-16(7,8)9)14-17(10,11)12-5-2-1-4-3-5/h1-3,15H,(H,7,8,9). The predicted octanol–water partition coefficient (Wildman–Crippen LogP) is -1.22. The fourth-order valence-corrected chi connectivity index (χ4v) is 2.73. The summed E-state index contributed by atoms with van der Waals surface area (Å²) in [6, 6.07) is 0. The van der Waals surface area contributed by atoms with E-state index in [1.54, 1.807) is 0 Å². The minimum atomic E-state index is -5.09. The highest BCUT2D eigenvalue weighted by Crippen LogP contribution is 2.28.